The van der Waals surface area contributed by atoms with Crippen molar-refractivity contribution in [3.8, 4) is 0 Å². The molecule has 2 aliphatic rings. The Morgan fingerprint density at radius 3 is 2.35 bits per heavy atom. The summed E-state index contributed by atoms with van der Waals surface area (Å²) in [6, 6.07) is 13.0. The molecule has 2 aromatic rings. The number of hydrogen-bond donors (Lipinski definition) is 0. The van der Waals surface area contributed by atoms with Crippen LogP contribution in [0.3, 0.4) is 0 Å². The fourth-order valence-electron chi connectivity index (χ4n) is 4.32. The smallest absolute Gasteiger partial charge is 0.264 e. The Balaban J connectivity index is 1.51. The van der Waals surface area contributed by atoms with Gasteiger partial charge in [0.05, 0.1) is 21.2 Å². The van der Waals surface area contributed by atoms with Gasteiger partial charge in [0.25, 0.3) is 21.8 Å². The molecule has 0 aromatic heterocycles. The van der Waals surface area contributed by atoms with Crippen LogP contribution in [0.1, 0.15) is 30.1 Å². The summed E-state index contributed by atoms with van der Waals surface area (Å²) in [4.78, 5) is 29.1. The minimum absolute atomic E-state index is 0.00171. The molecule has 0 radical (unpaired) electrons. The molecule has 10 heteroatoms. The second-order valence-corrected chi connectivity index (χ2v) is 10.5. The van der Waals surface area contributed by atoms with Crippen LogP contribution in [0.4, 0.5) is 5.69 Å². The van der Waals surface area contributed by atoms with Gasteiger partial charge in [0.1, 0.15) is 6.10 Å². The number of carbonyl (C=O) groups excluding carboxylic acids is 2. The van der Waals surface area contributed by atoms with Gasteiger partial charge >= 0.3 is 0 Å². The lowest BCUT2D eigenvalue weighted by molar-refractivity contribution is -0.142. The molecular formula is C24H28ClN3O5S. The van der Waals surface area contributed by atoms with Crippen molar-refractivity contribution in [1.29, 1.82) is 0 Å². The summed E-state index contributed by atoms with van der Waals surface area (Å²) >= 11 is 6.32. The molecule has 2 aromatic carbocycles. The van der Waals surface area contributed by atoms with Crippen LogP contribution in [-0.4, -0.2) is 75.5 Å². The van der Waals surface area contributed by atoms with Crippen molar-refractivity contribution in [1.82, 2.24) is 9.80 Å². The largest absolute Gasteiger partial charge is 0.368 e. The van der Waals surface area contributed by atoms with Gasteiger partial charge in [0, 0.05) is 39.3 Å². The molecule has 0 unspecified atom stereocenters. The number of benzene rings is 2. The molecule has 2 heterocycles. The highest BCUT2D eigenvalue weighted by atomic mass is 35.5. The van der Waals surface area contributed by atoms with Crippen molar-refractivity contribution in [2.45, 2.75) is 30.8 Å². The van der Waals surface area contributed by atoms with Crippen LogP contribution in [0.15, 0.2) is 53.4 Å². The Bertz CT molecular complexity index is 1140. The van der Waals surface area contributed by atoms with Crippen molar-refractivity contribution in [3.63, 3.8) is 0 Å². The normalized spacial score (nSPS) is 18.7. The van der Waals surface area contributed by atoms with E-state index in [9.17, 15) is 18.0 Å². The van der Waals surface area contributed by atoms with Gasteiger partial charge < -0.3 is 14.5 Å². The van der Waals surface area contributed by atoms with E-state index in [1.165, 1.54) is 22.5 Å². The summed E-state index contributed by atoms with van der Waals surface area (Å²) in [5, 5.41) is 0.185. The van der Waals surface area contributed by atoms with Crippen LogP contribution in [-0.2, 0) is 19.6 Å². The number of carbonyl (C=O) groups is 2. The SMILES string of the molecule is CCN(c1ccccc1)S(=O)(=O)c1ccc(Cl)c(C(=O)N2CCN(C(=O)[C@H]3CCCO3)CC2)c1. The van der Waals surface area contributed by atoms with Gasteiger partial charge in [0.2, 0.25) is 0 Å². The van der Waals surface area contributed by atoms with Gasteiger partial charge in [-0.25, -0.2) is 8.42 Å². The molecule has 182 valence electrons. The Morgan fingerprint density at radius 1 is 1.06 bits per heavy atom. The van der Waals surface area contributed by atoms with Crippen LogP contribution in [0.25, 0.3) is 0 Å². The summed E-state index contributed by atoms with van der Waals surface area (Å²) in [7, 11) is -3.90. The van der Waals surface area contributed by atoms with Crippen molar-refractivity contribution in [2.75, 3.05) is 43.6 Å². The van der Waals surface area contributed by atoms with E-state index in [1.807, 2.05) is 6.07 Å². The highest BCUT2D eigenvalue weighted by Crippen LogP contribution is 2.28. The fourth-order valence-corrected chi connectivity index (χ4v) is 6.02. The molecule has 0 bridgehead atoms. The lowest BCUT2D eigenvalue weighted by atomic mass is 10.1. The van der Waals surface area contributed by atoms with E-state index in [-0.39, 0.29) is 39.9 Å². The average Bonchev–Trinajstić information content (AvgIpc) is 3.39. The average molecular weight is 506 g/mol. The molecule has 34 heavy (non-hydrogen) atoms. The molecule has 0 aliphatic carbocycles. The van der Waals surface area contributed by atoms with E-state index in [1.54, 1.807) is 41.0 Å². The molecule has 2 fully saturated rings. The third-order valence-corrected chi connectivity index (χ3v) is 8.40. The fraction of sp³-hybridized carbons (Fsp3) is 0.417. The van der Waals surface area contributed by atoms with Crippen LogP contribution in [0.5, 0.6) is 0 Å². The quantitative estimate of drug-likeness (QED) is 0.602. The minimum atomic E-state index is -3.90. The number of hydrogen-bond acceptors (Lipinski definition) is 5. The lowest BCUT2D eigenvalue weighted by Gasteiger charge is -2.36. The number of piperazine rings is 1. The minimum Gasteiger partial charge on any atom is -0.368 e. The Labute approximate surface area is 205 Å². The van der Waals surface area contributed by atoms with E-state index in [4.69, 9.17) is 16.3 Å². The number of para-hydroxylation sites is 1. The summed E-state index contributed by atoms with van der Waals surface area (Å²) in [6.45, 7) is 4.08. The second kappa shape index (κ2) is 10.3. The highest BCUT2D eigenvalue weighted by Gasteiger charge is 2.32. The molecule has 2 amide bonds. The molecule has 0 saturated carbocycles. The van der Waals surface area contributed by atoms with Crippen molar-refractivity contribution < 1.29 is 22.7 Å². The second-order valence-electron chi connectivity index (χ2n) is 8.27. The Morgan fingerprint density at radius 2 is 1.74 bits per heavy atom. The van der Waals surface area contributed by atoms with Gasteiger partial charge in [-0.1, -0.05) is 29.8 Å². The zero-order chi connectivity index (χ0) is 24.3. The molecular weight excluding hydrogens is 478 g/mol. The topological polar surface area (TPSA) is 87.2 Å². The van der Waals surface area contributed by atoms with E-state index in [2.05, 4.69) is 0 Å². The zero-order valence-electron chi connectivity index (χ0n) is 19.0. The van der Waals surface area contributed by atoms with Crippen molar-refractivity contribution >= 4 is 39.1 Å². The maximum Gasteiger partial charge on any atom is 0.264 e. The molecule has 8 nitrogen and oxygen atoms in total. The van der Waals surface area contributed by atoms with E-state index < -0.39 is 10.0 Å². The first-order valence-electron chi connectivity index (χ1n) is 11.4. The van der Waals surface area contributed by atoms with Gasteiger partial charge in [-0.3, -0.25) is 13.9 Å². The zero-order valence-corrected chi connectivity index (χ0v) is 20.6. The molecule has 2 aliphatic heterocycles. The molecule has 0 spiro atoms. The number of nitrogens with zero attached hydrogens (tertiary/aromatic N) is 3. The van der Waals surface area contributed by atoms with Gasteiger partial charge in [-0.05, 0) is 50.1 Å². The Kier molecular flexibility index (Phi) is 7.45. The summed E-state index contributed by atoms with van der Waals surface area (Å²) < 4.78 is 33.5. The first-order valence-corrected chi connectivity index (χ1v) is 13.2. The maximum atomic E-state index is 13.4. The van der Waals surface area contributed by atoms with Crippen LogP contribution in [0, 0.1) is 0 Å². The van der Waals surface area contributed by atoms with Crippen LogP contribution >= 0.6 is 11.6 Å². The van der Waals surface area contributed by atoms with E-state index in [0.717, 1.165) is 12.8 Å². The summed E-state index contributed by atoms with van der Waals surface area (Å²) in [5.41, 5.74) is 0.672. The van der Waals surface area contributed by atoms with Crippen molar-refractivity contribution in [3.05, 3.63) is 59.1 Å². The van der Waals surface area contributed by atoms with Crippen LogP contribution < -0.4 is 4.31 Å². The maximum absolute atomic E-state index is 13.4. The standard InChI is InChI=1S/C24H28ClN3O5S/c1-2-28(18-7-4-3-5-8-18)34(31,32)19-10-11-21(25)20(17-19)23(29)26-12-14-27(15-13-26)24(30)22-9-6-16-33-22/h3-5,7-8,10-11,17,22H,2,6,9,12-16H2,1H3/t22-/m1/s1. The Hall–Kier alpha value is -2.62. The molecule has 0 N–H and O–H groups in total. The number of anilines is 1. The summed E-state index contributed by atoms with van der Waals surface area (Å²) in [6.07, 6.45) is 1.23. The lowest BCUT2D eigenvalue weighted by Crippen LogP contribution is -2.52. The van der Waals surface area contributed by atoms with Gasteiger partial charge in [-0.15, -0.1) is 0 Å². The number of rotatable bonds is 6. The third-order valence-electron chi connectivity index (χ3n) is 6.17. The van der Waals surface area contributed by atoms with Gasteiger partial charge in [0.15, 0.2) is 0 Å². The van der Waals surface area contributed by atoms with Gasteiger partial charge in [-0.2, -0.15) is 0 Å². The van der Waals surface area contributed by atoms with E-state index >= 15 is 0 Å². The molecule has 2 saturated heterocycles. The third kappa shape index (κ3) is 4.92. The highest BCUT2D eigenvalue weighted by molar-refractivity contribution is 7.92. The van der Waals surface area contributed by atoms with Crippen molar-refractivity contribution in [2.24, 2.45) is 0 Å². The number of ether oxygens (including phenoxy) is 1. The van der Waals surface area contributed by atoms with Crippen LogP contribution in [0.2, 0.25) is 5.02 Å². The van der Waals surface area contributed by atoms with E-state index in [0.29, 0.717) is 38.5 Å². The number of amides is 2. The predicted molar refractivity (Wildman–Crippen MR) is 130 cm³/mol. The molecule has 1 atom stereocenters. The summed E-state index contributed by atoms with van der Waals surface area (Å²) in [5.74, 6) is -0.384. The predicted octanol–water partition coefficient (Wildman–Crippen LogP) is 3.02. The molecule has 4 rings (SSSR count). The number of halogens is 1. The first-order chi connectivity index (χ1) is 16.3. The first kappa shape index (κ1) is 24.5. The number of sulfonamides is 1. The monoisotopic (exact) mass is 505 g/mol.